The van der Waals surface area contributed by atoms with Gasteiger partial charge < -0.3 is 18.6 Å². The first kappa shape index (κ1) is 17.2. The molecule has 0 saturated carbocycles. The van der Waals surface area contributed by atoms with E-state index in [1.54, 1.807) is 14.2 Å². The summed E-state index contributed by atoms with van der Waals surface area (Å²) < 4.78 is 15.5. The second-order valence-corrected chi connectivity index (χ2v) is 7.90. The molecule has 6 rings (SSSR count). The van der Waals surface area contributed by atoms with Gasteiger partial charge in [0.1, 0.15) is 11.5 Å². The number of methoxy groups -OCH3 is 2. The van der Waals surface area contributed by atoms with Gasteiger partial charge in [0, 0.05) is 57.4 Å². The third-order valence-electron chi connectivity index (χ3n) is 6.53. The lowest BCUT2D eigenvalue weighted by Gasteiger charge is -2.07. The zero-order chi connectivity index (χ0) is 20.6. The van der Waals surface area contributed by atoms with E-state index in [1.807, 2.05) is 12.1 Å². The van der Waals surface area contributed by atoms with Crippen molar-refractivity contribution < 1.29 is 9.47 Å². The molecule has 2 aromatic heterocycles. The summed E-state index contributed by atoms with van der Waals surface area (Å²) in [5.41, 5.74) is 4.92. The monoisotopic (exact) mass is 394 g/mol. The van der Waals surface area contributed by atoms with Crippen LogP contribution in [0.2, 0.25) is 0 Å². The quantitative estimate of drug-likeness (QED) is 0.352. The third kappa shape index (κ3) is 2.05. The second-order valence-electron chi connectivity index (χ2n) is 7.90. The second kappa shape index (κ2) is 5.92. The molecule has 0 radical (unpaired) electrons. The van der Waals surface area contributed by atoms with Crippen molar-refractivity contribution in [2.75, 3.05) is 14.2 Å². The molecule has 0 unspecified atom stereocenters. The highest BCUT2D eigenvalue weighted by atomic mass is 16.5. The van der Waals surface area contributed by atoms with Crippen LogP contribution in [0.4, 0.5) is 0 Å². The first-order valence-electron chi connectivity index (χ1n) is 10.1. The Hall–Kier alpha value is -3.66. The molecule has 4 nitrogen and oxygen atoms in total. The molecule has 0 spiro atoms. The van der Waals surface area contributed by atoms with Crippen LogP contribution in [-0.2, 0) is 14.1 Å². The van der Waals surface area contributed by atoms with Gasteiger partial charge in [-0.1, -0.05) is 24.3 Å². The molecule has 0 bridgehead atoms. The molecule has 0 amide bonds. The zero-order valence-electron chi connectivity index (χ0n) is 17.5. The molecule has 0 aliphatic carbocycles. The van der Waals surface area contributed by atoms with E-state index in [0.29, 0.717) is 0 Å². The molecule has 2 heterocycles. The summed E-state index contributed by atoms with van der Waals surface area (Å²) in [4.78, 5) is 0. The van der Waals surface area contributed by atoms with Crippen molar-refractivity contribution in [3.63, 3.8) is 0 Å². The molecule has 0 aliphatic heterocycles. The molecule has 0 fully saturated rings. The van der Waals surface area contributed by atoms with E-state index in [1.165, 1.54) is 54.4 Å². The van der Waals surface area contributed by atoms with Crippen LogP contribution in [0.5, 0.6) is 11.5 Å². The van der Waals surface area contributed by atoms with Crippen LogP contribution in [-0.4, -0.2) is 23.4 Å². The molecule has 4 aromatic carbocycles. The number of hydrogen-bond donors (Lipinski definition) is 0. The summed E-state index contributed by atoms with van der Waals surface area (Å²) in [6, 6.07) is 21.6. The number of aromatic nitrogens is 2. The minimum atomic E-state index is 0.883. The SMILES string of the molecule is COc1ccc2c(c1)c1ccc3c(ccc4c5cc(OC)ccc5n(C)c43)c1n2C. The molecule has 0 saturated heterocycles. The Bertz CT molecular complexity index is 1510. The topological polar surface area (TPSA) is 28.3 Å². The van der Waals surface area contributed by atoms with Crippen LogP contribution in [0.25, 0.3) is 54.4 Å². The minimum absolute atomic E-state index is 0.883. The van der Waals surface area contributed by atoms with E-state index < -0.39 is 0 Å². The highest BCUT2D eigenvalue weighted by molar-refractivity contribution is 6.25. The standard InChI is InChI=1S/C26H22N2O2/c1-27-23-11-5-15(29-3)13-21(23)19-9-8-18-17(25(19)27)7-10-20-22-14-16(30-4)6-12-24(22)28(2)26(18)20/h5-14H,1-4H3. The van der Waals surface area contributed by atoms with Crippen molar-refractivity contribution in [1.82, 2.24) is 9.13 Å². The van der Waals surface area contributed by atoms with Crippen molar-refractivity contribution >= 4 is 54.4 Å². The molecule has 4 heteroatoms. The minimum Gasteiger partial charge on any atom is -0.497 e. The summed E-state index contributed by atoms with van der Waals surface area (Å²) in [7, 11) is 7.72. The highest BCUT2D eigenvalue weighted by Gasteiger charge is 2.16. The van der Waals surface area contributed by atoms with Gasteiger partial charge in [-0.2, -0.15) is 0 Å². The number of aryl methyl sites for hydroxylation is 2. The highest BCUT2D eigenvalue weighted by Crippen LogP contribution is 2.40. The average Bonchev–Trinajstić information content (AvgIpc) is 3.24. The van der Waals surface area contributed by atoms with Crippen LogP contribution in [0.3, 0.4) is 0 Å². The van der Waals surface area contributed by atoms with Crippen LogP contribution in [0.1, 0.15) is 0 Å². The van der Waals surface area contributed by atoms with Gasteiger partial charge in [0.25, 0.3) is 0 Å². The van der Waals surface area contributed by atoms with Gasteiger partial charge in [0.05, 0.1) is 25.3 Å². The van der Waals surface area contributed by atoms with Gasteiger partial charge in [-0.05, 0) is 36.4 Å². The fourth-order valence-electron chi connectivity index (χ4n) is 5.07. The lowest BCUT2D eigenvalue weighted by Crippen LogP contribution is -1.91. The number of ether oxygens (including phenoxy) is 2. The van der Waals surface area contributed by atoms with Gasteiger partial charge in [-0.25, -0.2) is 0 Å². The number of hydrogen-bond acceptors (Lipinski definition) is 2. The van der Waals surface area contributed by atoms with Crippen molar-refractivity contribution in [2.45, 2.75) is 0 Å². The van der Waals surface area contributed by atoms with E-state index in [2.05, 4.69) is 71.8 Å². The molecular weight excluding hydrogens is 372 g/mol. The fourth-order valence-corrected chi connectivity index (χ4v) is 5.07. The maximum Gasteiger partial charge on any atom is 0.119 e. The largest absolute Gasteiger partial charge is 0.497 e. The summed E-state index contributed by atoms with van der Waals surface area (Å²) in [6.07, 6.45) is 0. The Kier molecular flexibility index (Phi) is 3.40. The molecule has 0 atom stereocenters. The predicted octanol–water partition coefficient (Wildman–Crippen LogP) is 6.15. The van der Waals surface area contributed by atoms with Gasteiger partial charge in [0.2, 0.25) is 0 Å². The summed E-state index contributed by atoms with van der Waals surface area (Å²) in [6.45, 7) is 0. The van der Waals surface area contributed by atoms with Crippen molar-refractivity contribution in [3.05, 3.63) is 60.7 Å². The number of rotatable bonds is 2. The third-order valence-corrected chi connectivity index (χ3v) is 6.53. The molecule has 30 heavy (non-hydrogen) atoms. The molecule has 148 valence electrons. The van der Waals surface area contributed by atoms with Crippen LogP contribution in [0, 0.1) is 0 Å². The maximum atomic E-state index is 5.47. The normalized spacial score (nSPS) is 12.0. The Balaban J connectivity index is 1.80. The Labute approximate surface area is 173 Å². The van der Waals surface area contributed by atoms with E-state index >= 15 is 0 Å². The Morgan fingerprint density at radius 1 is 0.500 bits per heavy atom. The van der Waals surface area contributed by atoms with E-state index in [0.717, 1.165) is 11.5 Å². The molecule has 0 aliphatic rings. The first-order chi connectivity index (χ1) is 14.6. The predicted molar refractivity (Wildman–Crippen MR) is 125 cm³/mol. The van der Waals surface area contributed by atoms with Crippen LogP contribution in [0.15, 0.2) is 60.7 Å². The molecular formula is C26H22N2O2. The fraction of sp³-hybridized carbons (Fsp3) is 0.154. The summed E-state index contributed by atoms with van der Waals surface area (Å²) in [5.74, 6) is 1.77. The van der Waals surface area contributed by atoms with Gasteiger partial charge >= 0.3 is 0 Å². The lowest BCUT2D eigenvalue weighted by atomic mass is 10.0. The van der Waals surface area contributed by atoms with Gasteiger partial charge in [-0.15, -0.1) is 0 Å². The molecule has 6 aromatic rings. The van der Waals surface area contributed by atoms with Crippen LogP contribution < -0.4 is 9.47 Å². The Morgan fingerprint density at radius 2 is 0.867 bits per heavy atom. The maximum absolute atomic E-state index is 5.47. The van der Waals surface area contributed by atoms with E-state index in [9.17, 15) is 0 Å². The van der Waals surface area contributed by atoms with Crippen LogP contribution >= 0.6 is 0 Å². The Morgan fingerprint density at radius 3 is 1.23 bits per heavy atom. The zero-order valence-corrected chi connectivity index (χ0v) is 17.5. The first-order valence-corrected chi connectivity index (χ1v) is 10.1. The van der Waals surface area contributed by atoms with Crippen molar-refractivity contribution in [2.24, 2.45) is 14.1 Å². The summed E-state index contributed by atoms with van der Waals surface area (Å²) in [5, 5.41) is 7.45. The van der Waals surface area contributed by atoms with E-state index in [4.69, 9.17) is 9.47 Å². The van der Waals surface area contributed by atoms with Crippen molar-refractivity contribution in [1.29, 1.82) is 0 Å². The van der Waals surface area contributed by atoms with Crippen molar-refractivity contribution in [3.8, 4) is 11.5 Å². The summed E-state index contributed by atoms with van der Waals surface area (Å²) >= 11 is 0. The van der Waals surface area contributed by atoms with E-state index in [-0.39, 0.29) is 0 Å². The average molecular weight is 394 g/mol. The lowest BCUT2D eigenvalue weighted by molar-refractivity contribution is 0.415. The molecule has 0 N–H and O–H groups in total. The number of benzene rings is 4. The van der Waals surface area contributed by atoms with Gasteiger partial charge in [-0.3, -0.25) is 0 Å². The smallest absolute Gasteiger partial charge is 0.119 e. The van der Waals surface area contributed by atoms with Gasteiger partial charge in [0.15, 0.2) is 0 Å². The number of fused-ring (bicyclic) bond motifs is 9. The number of nitrogens with zero attached hydrogens (tertiary/aromatic N) is 2.